The van der Waals surface area contributed by atoms with Crippen LogP contribution in [0, 0.1) is 11.3 Å². The van der Waals surface area contributed by atoms with Crippen molar-refractivity contribution in [2.24, 2.45) is 11.3 Å². The lowest BCUT2D eigenvalue weighted by Crippen LogP contribution is -2.07. The summed E-state index contributed by atoms with van der Waals surface area (Å²) in [5, 5.41) is 0. The zero-order chi connectivity index (χ0) is 10.2. The van der Waals surface area contributed by atoms with Crippen LogP contribution in [0.1, 0.15) is 52.9 Å². The van der Waals surface area contributed by atoms with E-state index in [0.29, 0.717) is 5.41 Å². The van der Waals surface area contributed by atoms with E-state index in [1.165, 1.54) is 32.1 Å². The third-order valence-corrected chi connectivity index (χ3v) is 3.69. The molecule has 0 bridgehead atoms. The third kappa shape index (κ3) is 1.94. The smallest absolute Gasteiger partial charge is 0.0124 e. The maximum Gasteiger partial charge on any atom is -0.0124 e. The van der Waals surface area contributed by atoms with E-state index in [9.17, 15) is 0 Å². The summed E-state index contributed by atoms with van der Waals surface area (Å²) in [6.45, 7) is 6.97. The number of allylic oxidation sites excluding steroid dienone is 4. The van der Waals surface area contributed by atoms with Crippen LogP contribution in [0.5, 0.6) is 0 Å². The zero-order valence-electron chi connectivity index (χ0n) is 9.77. The highest BCUT2D eigenvalue weighted by Crippen LogP contribution is 2.39. The first kappa shape index (κ1) is 10.0. The van der Waals surface area contributed by atoms with Gasteiger partial charge in [0.05, 0.1) is 0 Å². The van der Waals surface area contributed by atoms with Crippen LogP contribution in [-0.4, -0.2) is 0 Å². The third-order valence-electron chi connectivity index (χ3n) is 3.69. The molecule has 0 aliphatic heterocycles. The molecule has 0 heterocycles. The first-order valence-corrected chi connectivity index (χ1v) is 5.98. The normalized spacial score (nSPS) is 23.9. The van der Waals surface area contributed by atoms with Gasteiger partial charge in [0.25, 0.3) is 0 Å². The van der Waals surface area contributed by atoms with Gasteiger partial charge >= 0.3 is 0 Å². The lowest BCUT2D eigenvalue weighted by molar-refractivity contribution is 0.496. The molecule has 0 spiro atoms. The summed E-state index contributed by atoms with van der Waals surface area (Å²) in [5.74, 6) is 0.898. The molecule has 1 saturated carbocycles. The number of hydrogen-bond donors (Lipinski definition) is 0. The van der Waals surface area contributed by atoms with Crippen molar-refractivity contribution in [3.63, 3.8) is 0 Å². The van der Waals surface area contributed by atoms with E-state index in [1.807, 2.05) is 0 Å². The molecule has 0 aromatic rings. The van der Waals surface area contributed by atoms with Crippen LogP contribution in [0.15, 0.2) is 23.3 Å². The minimum absolute atomic E-state index is 0.372. The highest BCUT2D eigenvalue weighted by atomic mass is 14.3. The highest BCUT2D eigenvalue weighted by Gasteiger charge is 2.24. The predicted octanol–water partition coefficient (Wildman–Crippen LogP) is 4.48. The van der Waals surface area contributed by atoms with E-state index in [1.54, 1.807) is 11.1 Å². The van der Waals surface area contributed by atoms with Gasteiger partial charge in [0.1, 0.15) is 0 Å². The van der Waals surface area contributed by atoms with Gasteiger partial charge in [-0.3, -0.25) is 0 Å². The molecule has 0 aromatic heterocycles. The second-order valence-electron chi connectivity index (χ2n) is 5.81. The fourth-order valence-corrected chi connectivity index (χ4v) is 2.61. The Morgan fingerprint density at radius 3 is 2.29 bits per heavy atom. The molecule has 0 radical (unpaired) electrons. The summed E-state index contributed by atoms with van der Waals surface area (Å²) in [7, 11) is 0. The molecule has 2 aliphatic rings. The first-order valence-electron chi connectivity index (χ1n) is 5.98. The van der Waals surface area contributed by atoms with Crippen molar-refractivity contribution in [2.45, 2.75) is 52.9 Å². The Morgan fingerprint density at radius 2 is 1.79 bits per heavy atom. The molecule has 0 unspecified atom stereocenters. The monoisotopic (exact) mass is 190 g/mol. The Kier molecular flexibility index (Phi) is 2.55. The molecule has 0 nitrogen and oxygen atoms in total. The molecule has 0 N–H and O–H groups in total. The van der Waals surface area contributed by atoms with Crippen LogP contribution in [0.2, 0.25) is 0 Å². The first-order chi connectivity index (χ1) is 6.57. The quantitative estimate of drug-likeness (QED) is 0.572. The van der Waals surface area contributed by atoms with Gasteiger partial charge in [-0.25, -0.2) is 0 Å². The van der Waals surface area contributed by atoms with Gasteiger partial charge in [-0.2, -0.15) is 0 Å². The predicted molar refractivity (Wildman–Crippen MR) is 62.2 cm³/mol. The van der Waals surface area contributed by atoms with Crippen molar-refractivity contribution in [3.8, 4) is 0 Å². The van der Waals surface area contributed by atoms with Crippen LogP contribution in [0.25, 0.3) is 0 Å². The van der Waals surface area contributed by atoms with Gasteiger partial charge in [0.15, 0.2) is 0 Å². The van der Waals surface area contributed by atoms with Gasteiger partial charge in [-0.05, 0) is 36.2 Å². The summed E-state index contributed by atoms with van der Waals surface area (Å²) < 4.78 is 0. The van der Waals surface area contributed by atoms with Crippen molar-refractivity contribution in [3.05, 3.63) is 23.3 Å². The lowest BCUT2D eigenvalue weighted by atomic mass is 9.85. The SMILES string of the molecule is CC(C)(C)C1=CC(C2CCCC2)=CC1. The summed E-state index contributed by atoms with van der Waals surface area (Å²) in [6, 6.07) is 0. The number of rotatable bonds is 1. The average molecular weight is 190 g/mol. The average Bonchev–Trinajstić information content (AvgIpc) is 2.73. The maximum atomic E-state index is 2.48. The van der Waals surface area contributed by atoms with E-state index < -0.39 is 0 Å². The maximum absolute atomic E-state index is 2.48. The number of hydrogen-bond acceptors (Lipinski definition) is 0. The summed E-state index contributed by atoms with van der Waals surface area (Å²) in [5.41, 5.74) is 3.64. The summed E-state index contributed by atoms with van der Waals surface area (Å²) in [4.78, 5) is 0. The van der Waals surface area contributed by atoms with Crippen LogP contribution in [0.4, 0.5) is 0 Å². The van der Waals surface area contributed by atoms with E-state index in [2.05, 4.69) is 32.9 Å². The summed E-state index contributed by atoms with van der Waals surface area (Å²) >= 11 is 0. The van der Waals surface area contributed by atoms with Crippen LogP contribution in [0.3, 0.4) is 0 Å². The van der Waals surface area contributed by atoms with E-state index >= 15 is 0 Å². The fraction of sp³-hybridized carbons (Fsp3) is 0.714. The minimum Gasteiger partial charge on any atom is -0.0769 e. The Bertz CT molecular complexity index is 267. The second kappa shape index (κ2) is 3.56. The largest absolute Gasteiger partial charge is 0.0769 e. The fourth-order valence-electron chi connectivity index (χ4n) is 2.61. The Hall–Kier alpha value is -0.520. The van der Waals surface area contributed by atoms with E-state index in [4.69, 9.17) is 0 Å². The van der Waals surface area contributed by atoms with E-state index in [0.717, 1.165) is 5.92 Å². The van der Waals surface area contributed by atoms with Crippen LogP contribution < -0.4 is 0 Å². The highest BCUT2D eigenvalue weighted by molar-refractivity contribution is 5.37. The molecule has 0 atom stereocenters. The lowest BCUT2D eigenvalue weighted by Gasteiger charge is -2.20. The minimum atomic E-state index is 0.372. The zero-order valence-corrected chi connectivity index (χ0v) is 9.77. The van der Waals surface area contributed by atoms with Gasteiger partial charge in [-0.1, -0.05) is 51.3 Å². The van der Waals surface area contributed by atoms with Gasteiger partial charge in [-0.15, -0.1) is 0 Å². The topological polar surface area (TPSA) is 0 Å². The Labute approximate surface area is 88.1 Å². The molecule has 0 aromatic carbocycles. The molecule has 14 heavy (non-hydrogen) atoms. The van der Waals surface area contributed by atoms with Gasteiger partial charge in [0.2, 0.25) is 0 Å². The molecule has 2 rings (SSSR count). The van der Waals surface area contributed by atoms with Gasteiger partial charge < -0.3 is 0 Å². The van der Waals surface area contributed by atoms with Crippen molar-refractivity contribution in [2.75, 3.05) is 0 Å². The molecular formula is C14H22. The molecule has 0 heteroatoms. The standard InChI is InChI=1S/C14H22/c1-14(2,3)13-9-8-12(10-13)11-6-4-5-7-11/h8,10-11H,4-7,9H2,1-3H3. The Balaban J connectivity index is 2.06. The molecule has 2 aliphatic carbocycles. The van der Waals surface area contributed by atoms with Crippen molar-refractivity contribution >= 4 is 0 Å². The molecule has 0 saturated heterocycles. The van der Waals surface area contributed by atoms with Gasteiger partial charge in [0, 0.05) is 0 Å². The van der Waals surface area contributed by atoms with Crippen molar-refractivity contribution in [1.82, 2.24) is 0 Å². The van der Waals surface area contributed by atoms with Crippen LogP contribution in [-0.2, 0) is 0 Å². The molecular weight excluding hydrogens is 168 g/mol. The van der Waals surface area contributed by atoms with Crippen LogP contribution >= 0.6 is 0 Å². The van der Waals surface area contributed by atoms with Crippen molar-refractivity contribution in [1.29, 1.82) is 0 Å². The molecule has 0 amide bonds. The van der Waals surface area contributed by atoms with E-state index in [-0.39, 0.29) is 0 Å². The second-order valence-corrected chi connectivity index (χ2v) is 5.81. The summed E-state index contributed by atoms with van der Waals surface area (Å²) in [6.07, 6.45) is 11.9. The Morgan fingerprint density at radius 1 is 1.14 bits per heavy atom. The molecule has 1 fully saturated rings. The molecule has 78 valence electrons. The van der Waals surface area contributed by atoms with Crippen molar-refractivity contribution < 1.29 is 0 Å².